The fraction of sp³-hybridized carbons (Fsp3) is 0.304. The number of rotatable bonds is 6. The molecule has 1 aromatic heterocycles. The lowest BCUT2D eigenvalue weighted by atomic mass is 10.1. The molecule has 30 heavy (non-hydrogen) atoms. The molecule has 3 aromatic rings. The van der Waals surface area contributed by atoms with E-state index in [2.05, 4.69) is 27.1 Å². The summed E-state index contributed by atoms with van der Waals surface area (Å²) in [4.78, 5) is 22.1. The molecule has 156 valence electrons. The first kappa shape index (κ1) is 20.6. The van der Waals surface area contributed by atoms with E-state index in [1.165, 1.54) is 0 Å². The van der Waals surface area contributed by atoms with Crippen LogP contribution >= 0.6 is 11.6 Å². The van der Waals surface area contributed by atoms with Gasteiger partial charge in [0.25, 0.3) is 5.91 Å². The lowest BCUT2D eigenvalue weighted by Crippen LogP contribution is -2.46. The standard InChI is InChI=1S/C23H25ClN4O2/c1-27-12-14-28(15-13-27)11-10-25-22(29)20-21(17-6-3-2-4-7-17)30-23(26-20)18-8-5-9-19(24)16-18/h2-9,16H,10-15H2,1H3,(H,25,29). The molecule has 1 N–H and O–H groups in total. The number of halogens is 1. The van der Waals surface area contributed by atoms with Gasteiger partial charge < -0.3 is 14.6 Å². The van der Waals surface area contributed by atoms with E-state index in [-0.39, 0.29) is 11.6 Å². The van der Waals surface area contributed by atoms with E-state index in [9.17, 15) is 4.79 Å². The molecule has 1 saturated heterocycles. The number of amides is 1. The second-order valence-electron chi connectivity index (χ2n) is 7.47. The predicted octanol–water partition coefficient (Wildman–Crippen LogP) is 3.64. The van der Waals surface area contributed by atoms with Gasteiger partial charge in [-0.2, -0.15) is 0 Å². The maximum atomic E-state index is 13.0. The predicted molar refractivity (Wildman–Crippen MR) is 119 cm³/mol. The molecule has 1 fully saturated rings. The normalized spacial score (nSPS) is 15.3. The summed E-state index contributed by atoms with van der Waals surface area (Å²) in [5.41, 5.74) is 1.83. The van der Waals surface area contributed by atoms with Crippen LogP contribution in [0.1, 0.15) is 10.5 Å². The molecular formula is C23H25ClN4O2. The van der Waals surface area contributed by atoms with E-state index in [0.29, 0.717) is 23.2 Å². The van der Waals surface area contributed by atoms with Gasteiger partial charge in [0.2, 0.25) is 5.89 Å². The lowest BCUT2D eigenvalue weighted by molar-refractivity contribution is 0.0937. The van der Waals surface area contributed by atoms with Crippen molar-refractivity contribution in [2.75, 3.05) is 46.3 Å². The van der Waals surface area contributed by atoms with Gasteiger partial charge in [0.15, 0.2) is 11.5 Å². The smallest absolute Gasteiger partial charge is 0.273 e. The molecule has 0 radical (unpaired) electrons. The van der Waals surface area contributed by atoms with Gasteiger partial charge in [0.1, 0.15) is 0 Å². The third kappa shape index (κ3) is 4.90. The highest BCUT2D eigenvalue weighted by atomic mass is 35.5. The van der Waals surface area contributed by atoms with Crippen molar-refractivity contribution in [2.24, 2.45) is 0 Å². The molecule has 7 heteroatoms. The Kier molecular flexibility index (Phi) is 6.47. The first-order valence-corrected chi connectivity index (χ1v) is 10.5. The number of oxazole rings is 1. The summed E-state index contributed by atoms with van der Waals surface area (Å²) in [6, 6.07) is 16.8. The Morgan fingerprint density at radius 2 is 1.80 bits per heavy atom. The van der Waals surface area contributed by atoms with Gasteiger partial charge in [-0.15, -0.1) is 0 Å². The fourth-order valence-electron chi connectivity index (χ4n) is 3.49. The van der Waals surface area contributed by atoms with Crippen LogP contribution in [0.5, 0.6) is 0 Å². The average molecular weight is 425 g/mol. The van der Waals surface area contributed by atoms with Crippen molar-refractivity contribution in [1.82, 2.24) is 20.1 Å². The third-order valence-electron chi connectivity index (χ3n) is 5.26. The molecule has 0 saturated carbocycles. The van der Waals surface area contributed by atoms with Crippen molar-refractivity contribution < 1.29 is 9.21 Å². The van der Waals surface area contributed by atoms with Gasteiger partial charge in [0, 0.05) is 55.4 Å². The highest BCUT2D eigenvalue weighted by Crippen LogP contribution is 2.30. The van der Waals surface area contributed by atoms with E-state index in [1.807, 2.05) is 42.5 Å². The molecule has 0 unspecified atom stereocenters. The van der Waals surface area contributed by atoms with Crippen LogP contribution in [0.25, 0.3) is 22.8 Å². The van der Waals surface area contributed by atoms with Crippen molar-refractivity contribution in [2.45, 2.75) is 0 Å². The van der Waals surface area contributed by atoms with Crippen molar-refractivity contribution >= 4 is 17.5 Å². The largest absolute Gasteiger partial charge is 0.435 e. The Hall–Kier alpha value is -2.67. The zero-order valence-electron chi connectivity index (χ0n) is 17.0. The minimum absolute atomic E-state index is 0.236. The summed E-state index contributed by atoms with van der Waals surface area (Å²) in [5, 5.41) is 3.59. The summed E-state index contributed by atoms with van der Waals surface area (Å²) in [5.74, 6) is 0.600. The van der Waals surface area contributed by atoms with Crippen LogP contribution in [0, 0.1) is 0 Å². The van der Waals surface area contributed by atoms with Crippen LogP contribution in [0.15, 0.2) is 59.0 Å². The Balaban J connectivity index is 1.52. The first-order chi connectivity index (χ1) is 14.6. The van der Waals surface area contributed by atoms with Crippen LogP contribution in [0.2, 0.25) is 5.02 Å². The number of hydrogen-bond donors (Lipinski definition) is 1. The maximum Gasteiger partial charge on any atom is 0.273 e. The Labute approximate surface area is 181 Å². The minimum Gasteiger partial charge on any atom is -0.435 e. The van der Waals surface area contributed by atoms with Gasteiger partial charge in [0.05, 0.1) is 0 Å². The maximum absolute atomic E-state index is 13.0. The van der Waals surface area contributed by atoms with E-state index in [4.69, 9.17) is 16.0 Å². The molecule has 1 aliphatic heterocycles. The molecule has 0 spiro atoms. The first-order valence-electron chi connectivity index (χ1n) is 10.1. The summed E-state index contributed by atoms with van der Waals surface area (Å²) >= 11 is 6.12. The molecule has 2 aromatic carbocycles. The molecule has 0 aliphatic carbocycles. The van der Waals surface area contributed by atoms with Crippen LogP contribution in [-0.2, 0) is 0 Å². The highest BCUT2D eigenvalue weighted by Gasteiger charge is 2.22. The van der Waals surface area contributed by atoms with Crippen molar-refractivity contribution in [3.63, 3.8) is 0 Å². The van der Waals surface area contributed by atoms with Crippen molar-refractivity contribution in [3.05, 3.63) is 65.3 Å². The van der Waals surface area contributed by atoms with Gasteiger partial charge in [-0.3, -0.25) is 9.69 Å². The Morgan fingerprint density at radius 3 is 2.53 bits per heavy atom. The van der Waals surface area contributed by atoms with Gasteiger partial charge in [-0.05, 0) is 25.2 Å². The lowest BCUT2D eigenvalue weighted by Gasteiger charge is -2.32. The zero-order chi connectivity index (χ0) is 20.9. The Bertz CT molecular complexity index is 997. The van der Waals surface area contributed by atoms with Gasteiger partial charge in [-0.25, -0.2) is 4.98 Å². The van der Waals surface area contributed by atoms with Gasteiger partial charge >= 0.3 is 0 Å². The molecule has 4 rings (SSSR count). The molecule has 2 heterocycles. The molecule has 6 nitrogen and oxygen atoms in total. The van der Waals surface area contributed by atoms with Crippen molar-refractivity contribution in [1.29, 1.82) is 0 Å². The van der Waals surface area contributed by atoms with E-state index in [1.54, 1.807) is 12.1 Å². The number of nitrogens with one attached hydrogen (secondary N) is 1. The number of likely N-dealkylation sites (N-methyl/N-ethyl adjacent to an activating group) is 1. The minimum atomic E-state index is -0.236. The fourth-order valence-corrected chi connectivity index (χ4v) is 3.68. The van der Waals surface area contributed by atoms with Crippen LogP contribution in [0.4, 0.5) is 0 Å². The summed E-state index contributed by atoms with van der Waals surface area (Å²) in [6.45, 7) is 5.53. The molecule has 0 bridgehead atoms. The second kappa shape index (κ2) is 9.43. The number of hydrogen-bond acceptors (Lipinski definition) is 5. The summed E-state index contributed by atoms with van der Waals surface area (Å²) in [6.07, 6.45) is 0. The van der Waals surface area contributed by atoms with Crippen LogP contribution in [-0.4, -0.2) is 67.0 Å². The number of carbonyl (C=O) groups is 1. The number of benzene rings is 2. The number of piperazine rings is 1. The average Bonchev–Trinajstić information content (AvgIpc) is 3.21. The topological polar surface area (TPSA) is 61.6 Å². The molecule has 1 aliphatic rings. The Morgan fingerprint density at radius 1 is 1.07 bits per heavy atom. The van der Waals surface area contributed by atoms with Crippen LogP contribution < -0.4 is 5.32 Å². The second-order valence-corrected chi connectivity index (χ2v) is 7.91. The molecule has 1 amide bonds. The summed E-state index contributed by atoms with van der Waals surface area (Å²) < 4.78 is 6.02. The molecule has 0 atom stereocenters. The highest BCUT2D eigenvalue weighted by molar-refractivity contribution is 6.30. The molecular weight excluding hydrogens is 400 g/mol. The van der Waals surface area contributed by atoms with E-state index < -0.39 is 0 Å². The zero-order valence-corrected chi connectivity index (χ0v) is 17.7. The quantitative estimate of drug-likeness (QED) is 0.654. The van der Waals surface area contributed by atoms with E-state index >= 15 is 0 Å². The van der Waals surface area contributed by atoms with Gasteiger partial charge in [-0.1, -0.05) is 48.0 Å². The SMILES string of the molecule is CN1CCN(CCNC(=O)c2nc(-c3cccc(Cl)c3)oc2-c2ccccc2)CC1. The third-order valence-corrected chi connectivity index (χ3v) is 5.49. The van der Waals surface area contributed by atoms with Crippen LogP contribution in [0.3, 0.4) is 0 Å². The summed E-state index contributed by atoms with van der Waals surface area (Å²) in [7, 11) is 2.13. The number of nitrogens with zero attached hydrogens (tertiary/aromatic N) is 3. The van der Waals surface area contributed by atoms with E-state index in [0.717, 1.165) is 43.9 Å². The number of aromatic nitrogens is 1. The van der Waals surface area contributed by atoms with Crippen molar-refractivity contribution in [3.8, 4) is 22.8 Å². The number of carbonyl (C=O) groups excluding carboxylic acids is 1. The monoisotopic (exact) mass is 424 g/mol.